The van der Waals surface area contributed by atoms with Crippen molar-refractivity contribution in [1.29, 1.82) is 0 Å². The number of likely N-dealkylation sites (N-methyl/N-ethyl adjacent to an activating group) is 1. The van der Waals surface area contributed by atoms with E-state index in [2.05, 4.69) is 15.6 Å². The van der Waals surface area contributed by atoms with Crippen LogP contribution in [-0.4, -0.2) is 55.0 Å². The Hall–Kier alpha value is -3.13. The second kappa shape index (κ2) is 15.2. The van der Waals surface area contributed by atoms with E-state index in [-0.39, 0.29) is 42.7 Å². The molecule has 1 aliphatic heterocycles. The first-order chi connectivity index (χ1) is 17.1. The van der Waals surface area contributed by atoms with Gasteiger partial charge in [-0.3, -0.25) is 14.6 Å². The Kier molecular flexibility index (Phi) is 12.4. The minimum atomic E-state index is -0.0137. The Balaban J connectivity index is 0.00000241. The lowest BCUT2D eigenvalue weighted by molar-refractivity contribution is 0.0794. The van der Waals surface area contributed by atoms with Crippen molar-refractivity contribution in [3.8, 4) is 5.75 Å². The van der Waals surface area contributed by atoms with Crippen LogP contribution in [0.5, 0.6) is 5.75 Å². The van der Waals surface area contributed by atoms with Crippen molar-refractivity contribution in [3.63, 3.8) is 0 Å². The van der Waals surface area contributed by atoms with Gasteiger partial charge in [0.2, 0.25) is 0 Å². The summed E-state index contributed by atoms with van der Waals surface area (Å²) in [6.07, 6.45) is 6.17. The van der Waals surface area contributed by atoms with E-state index in [4.69, 9.17) is 4.74 Å². The summed E-state index contributed by atoms with van der Waals surface area (Å²) in [5, 5.41) is 6.46. The zero-order chi connectivity index (χ0) is 24.5. The number of pyridine rings is 1. The summed E-state index contributed by atoms with van der Waals surface area (Å²) in [6, 6.07) is 19.2. The Bertz CT molecular complexity index is 1130. The highest BCUT2D eigenvalue weighted by atomic mass is 35.5. The van der Waals surface area contributed by atoms with Gasteiger partial charge < -0.3 is 20.3 Å². The van der Waals surface area contributed by atoms with Crippen LogP contribution in [0.1, 0.15) is 50.7 Å². The molecule has 2 amide bonds. The number of ether oxygens (including phenoxy) is 1. The molecule has 3 aromatic rings. The normalized spacial score (nSPS) is 12.7. The SMILES string of the molecule is CN(CCNC(CCCOc1ccc2c(c1)CCNC2=O)c1ccncc1)C(=O)c1ccccc1.Cl.Cl. The van der Waals surface area contributed by atoms with Crippen molar-refractivity contribution in [3.05, 3.63) is 95.3 Å². The number of fused-ring (bicyclic) bond motifs is 1. The molecule has 9 heteroatoms. The van der Waals surface area contributed by atoms with Crippen molar-refractivity contribution in [1.82, 2.24) is 20.5 Å². The van der Waals surface area contributed by atoms with Crippen LogP contribution in [-0.2, 0) is 6.42 Å². The van der Waals surface area contributed by atoms with Crippen molar-refractivity contribution in [2.24, 2.45) is 0 Å². The highest BCUT2D eigenvalue weighted by molar-refractivity contribution is 5.96. The Morgan fingerprint density at radius 2 is 1.86 bits per heavy atom. The van der Waals surface area contributed by atoms with E-state index in [0.29, 0.717) is 31.8 Å². The summed E-state index contributed by atoms with van der Waals surface area (Å²) < 4.78 is 5.99. The number of hydrogen-bond acceptors (Lipinski definition) is 5. The molecule has 1 atom stereocenters. The quantitative estimate of drug-likeness (QED) is 0.348. The first-order valence-corrected chi connectivity index (χ1v) is 12.1. The molecule has 37 heavy (non-hydrogen) atoms. The molecular formula is C28H34Cl2N4O3. The molecule has 1 aliphatic rings. The molecule has 2 aromatic carbocycles. The number of carbonyl (C=O) groups is 2. The number of rotatable bonds is 11. The van der Waals surface area contributed by atoms with Gasteiger partial charge in [-0.05, 0) is 72.9 Å². The molecule has 198 valence electrons. The molecular weight excluding hydrogens is 511 g/mol. The zero-order valence-electron chi connectivity index (χ0n) is 20.9. The van der Waals surface area contributed by atoms with Crippen molar-refractivity contribution < 1.29 is 14.3 Å². The Morgan fingerprint density at radius 1 is 1.11 bits per heavy atom. The molecule has 1 aromatic heterocycles. The fourth-order valence-corrected chi connectivity index (χ4v) is 4.26. The number of hydrogen-bond donors (Lipinski definition) is 2. The summed E-state index contributed by atoms with van der Waals surface area (Å²) in [6.45, 7) is 2.53. The average molecular weight is 546 g/mol. The number of benzene rings is 2. The lowest BCUT2D eigenvalue weighted by Crippen LogP contribution is -2.35. The van der Waals surface area contributed by atoms with Gasteiger partial charge >= 0.3 is 0 Å². The molecule has 0 saturated heterocycles. The number of aromatic nitrogens is 1. The van der Waals surface area contributed by atoms with E-state index < -0.39 is 0 Å². The second-order valence-corrected chi connectivity index (χ2v) is 8.70. The van der Waals surface area contributed by atoms with E-state index >= 15 is 0 Å². The highest BCUT2D eigenvalue weighted by Crippen LogP contribution is 2.22. The summed E-state index contributed by atoms with van der Waals surface area (Å²) in [5.41, 5.74) is 3.63. The molecule has 1 unspecified atom stereocenters. The summed E-state index contributed by atoms with van der Waals surface area (Å²) in [4.78, 5) is 30.4. The lowest BCUT2D eigenvalue weighted by atomic mass is 10.0. The monoisotopic (exact) mass is 544 g/mol. The summed E-state index contributed by atoms with van der Waals surface area (Å²) in [7, 11) is 1.83. The first-order valence-electron chi connectivity index (χ1n) is 12.1. The van der Waals surface area contributed by atoms with Gasteiger partial charge in [0.05, 0.1) is 6.61 Å². The molecule has 0 radical (unpaired) electrons. The van der Waals surface area contributed by atoms with Crippen LogP contribution < -0.4 is 15.4 Å². The summed E-state index contributed by atoms with van der Waals surface area (Å²) in [5.74, 6) is 0.803. The Morgan fingerprint density at radius 3 is 2.62 bits per heavy atom. The van der Waals surface area contributed by atoms with Crippen LogP contribution in [0.2, 0.25) is 0 Å². The van der Waals surface area contributed by atoms with Crippen LogP contribution in [0.4, 0.5) is 0 Å². The highest BCUT2D eigenvalue weighted by Gasteiger charge is 2.17. The van der Waals surface area contributed by atoms with Crippen LogP contribution >= 0.6 is 24.8 Å². The minimum Gasteiger partial charge on any atom is -0.494 e. The maximum Gasteiger partial charge on any atom is 0.253 e. The standard InChI is InChI=1S/C28H32N4O3.2ClH/c1-32(28(34)22-6-3-2-4-7-22)18-17-30-26(21-11-14-29-15-12-21)8-5-19-35-24-9-10-25-23(20-24)13-16-31-27(25)33;;/h2-4,6-7,9-12,14-15,20,26,30H,5,8,13,16-19H2,1H3,(H,31,33);2*1H. The van der Waals surface area contributed by atoms with Crippen LogP contribution in [0.3, 0.4) is 0 Å². The van der Waals surface area contributed by atoms with Gasteiger partial charge in [0.25, 0.3) is 11.8 Å². The van der Waals surface area contributed by atoms with Gasteiger partial charge in [-0.15, -0.1) is 24.8 Å². The molecule has 0 saturated carbocycles. The predicted molar refractivity (Wildman–Crippen MR) is 150 cm³/mol. The number of nitrogens with one attached hydrogen (secondary N) is 2. The van der Waals surface area contributed by atoms with E-state index in [1.54, 1.807) is 17.3 Å². The smallest absolute Gasteiger partial charge is 0.253 e. The maximum atomic E-state index is 12.6. The number of nitrogens with zero attached hydrogens (tertiary/aromatic N) is 2. The fraction of sp³-hybridized carbons (Fsp3) is 0.321. The van der Waals surface area contributed by atoms with Gasteiger partial charge in [-0.25, -0.2) is 0 Å². The molecule has 2 heterocycles. The largest absolute Gasteiger partial charge is 0.494 e. The van der Waals surface area contributed by atoms with Crippen LogP contribution in [0.15, 0.2) is 73.1 Å². The number of amides is 2. The zero-order valence-corrected chi connectivity index (χ0v) is 22.5. The molecule has 0 fully saturated rings. The van der Waals surface area contributed by atoms with Crippen molar-refractivity contribution >= 4 is 36.6 Å². The topological polar surface area (TPSA) is 83.6 Å². The van der Waals surface area contributed by atoms with Gasteiger partial charge in [0, 0.05) is 56.2 Å². The molecule has 4 rings (SSSR count). The van der Waals surface area contributed by atoms with Gasteiger partial charge in [-0.1, -0.05) is 18.2 Å². The average Bonchev–Trinajstić information content (AvgIpc) is 2.90. The van der Waals surface area contributed by atoms with Crippen molar-refractivity contribution in [2.75, 3.05) is 33.3 Å². The first kappa shape index (κ1) is 30.1. The molecule has 0 aliphatic carbocycles. The van der Waals surface area contributed by atoms with Gasteiger partial charge in [0.1, 0.15) is 5.75 Å². The summed E-state index contributed by atoms with van der Waals surface area (Å²) >= 11 is 0. The number of halogens is 2. The second-order valence-electron chi connectivity index (χ2n) is 8.70. The van der Waals surface area contributed by atoms with E-state index in [0.717, 1.165) is 41.7 Å². The maximum absolute atomic E-state index is 12.6. The van der Waals surface area contributed by atoms with Gasteiger partial charge in [-0.2, -0.15) is 0 Å². The molecule has 0 bridgehead atoms. The van der Waals surface area contributed by atoms with E-state index in [1.165, 1.54) is 0 Å². The van der Waals surface area contributed by atoms with Gasteiger partial charge in [0.15, 0.2) is 0 Å². The molecule has 0 spiro atoms. The molecule has 2 N–H and O–H groups in total. The predicted octanol–water partition coefficient (Wildman–Crippen LogP) is 4.47. The van der Waals surface area contributed by atoms with Crippen LogP contribution in [0.25, 0.3) is 0 Å². The van der Waals surface area contributed by atoms with E-state index in [1.807, 2.05) is 67.7 Å². The third-order valence-corrected chi connectivity index (χ3v) is 6.22. The Labute approximate surface area is 230 Å². The number of carbonyl (C=O) groups excluding carboxylic acids is 2. The third kappa shape index (κ3) is 8.45. The minimum absolute atomic E-state index is 0. The third-order valence-electron chi connectivity index (χ3n) is 6.22. The van der Waals surface area contributed by atoms with Crippen molar-refractivity contribution in [2.45, 2.75) is 25.3 Å². The fourth-order valence-electron chi connectivity index (χ4n) is 4.26. The van der Waals surface area contributed by atoms with Crippen LogP contribution in [0, 0.1) is 0 Å². The molecule has 7 nitrogen and oxygen atoms in total. The van der Waals surface area contributed by atoms with E-state index in [9.17, 15) is 9.59 Å². The lowest BCUT2D eigenvalue weighted by Gasteiger charge is -2.22.